The van der Waals surface area contributed by atoms with Crippen molar-refractivity contribution in [2.45, 2.75) is 26.3 Å². The molecule has 0 saturated carbocycles. The second-order valence-electron chi connectivity index (χ2n) is 4.66. The standard InChI is InChI=1S/C15H24N2O2/c1-12-7-4-5-8-14(12)13(2)17-11-15(18)16-9-6-10-19-3/h4-5,7-8,13,17H,6,9-11H2,1-3H3,(H,16,18)/t13-/m0/s1. The molecule has 0 bridgehead atoms. The van der Waals surface area contributed by atoms with Crippen molar-refractivity contribution in [2.75, 3.05) is 26.8 Å². The fourth-order valence-corrected chi connectivity index (χ4v) is 1.94. The zero-order valence-corrected chi connectivity index (χ0v) is 12.0. The lowest BCUT2D eigenvalue weighted by Gasteiger charge is -2.16. The van der Waals surface area contributed by atoms with Crippen molar-refractivity contribution in [3.8, 4) is 0 Å². The van der Waals surface area contributed by atoms with Gasteiger partial charge in [-0.25, -0.2) is 0 Å². The molecule has 1 aromatic carbocycles. The molecule has 1 rings (SSSR count). The fraction of sp³-hybridized carbons (Fsp3) is 0.533. The quantitative estimate of drug-likeness (QED) is 0.704. The summed E-state index contributed by atoms with van der Waals surface area (Å²) in [7, 11) is 1.66. The Hall–Kier alpha value is -1.39. The first-order chi connectivity index (χ1) is 9.15. The van der Waals surface area contributed by atoms with Crippen LogP contribution in [0.1, 0.15) is 30.5 Å². The zero-order chi connectivity index (χ0) is 14.1. The number of hydrogen-bond acceptors (Lipinski definition) is 3. The van der Waals surface area contributed by atoms with Gasteiger partial charge in [-0.15, -0.1) is 0 Å². The lowest BCUT2D eigenvalue weighted by Crippen LogP contribution is -2.35. The van der Waals surface area contributed by atoms with Crippen LogP contribution in [-0.4, -0.2) is 32.7 Å². The molecule has 4 heteroatoms. The molecule has 19 heavy (non-hydrogen) atoms. The Labute approximate surface area is 115 Å². The van der Waals surface area contributed by atoms with Crippen molar-refractivity contribution >= 4 is 5.91 Å². The van der Waals surface area contributed by atoms with Gasteiger partial charge in [0.25, 0.3) is 0 Å². The first-order valence-electron chi connectivity index (χ1n) is 6.69. The lowest BCUT2D eigenvalue weighted by molar-refractivity contribution is -0.120. The first kappa shape index (κ1) is 15.7. The molecule has 0 radical (unpaired) electrons. The van der Waals surface area contributed by atoms with Crippen LogP contribution in [0.15, 0.2) is 24.3 Å². The van der Waals surface area contributed by atoms with Crippen LogP contribution < -0.4 is 10.6 Å². The van der Waals surface area contributed by atoms with Gasteiger partial charge < -0.3 is 15.4 Å². The summed E-state index contributed by atoms with van der Waals surface area (Å²) in [5, 5.41) is 6.09. The van der Waals surface area contributed by atoms with Crippen molar-refractivity contribution < 1.29 is 9.53 Å². The topological polar surface area (TPSA) is 50.4 Å². The largest absolute Gasteiger partial charge is 0.385 e. The molecule has 0 fully saturated rings. The van der Waals surface area contributed by atoms with Gasteiger partial charge in [-0.05, 0) is 31.4 Å². The molecule has 106 valence electrons. The second kappa shape index (κ2) is 8.67. The third-order valence-electron chi connectivity index (χ3n) is 3.07. The van der Waals surface area contributed by atoms with E-state index in [-0.39, 0.29) is 11.9 Å². The minimum absolute atomic E-state index is 0.0246. The van der Waals surface area contributed by atoms with Gasteiger partial charge in [0.1, 0.15) is 0 Å². The van der Waals surface area contributed by atoms with Crippen LogP contribution in [-0.2, 0) is 9.53 Å². The van der Waals surface area contributed by atoms with Crippen LogP contribution in [0.3, 0.4) is 0 Å². The number of amides is 1. The number of hydrogen-bond donors (Lipinski definition) is 2. The minimum Gasteiger partial charge on any atom is -0.385 e. The van der Waals surface area contributed by atoms with Crippen molar-refractivity contribution in [3.05, 3.63) is 35.4 Å². The summed E-state index contributed by atoms with van der Waals surface area (Å²) in [5.41, 5.74) is 2.47. The highest BCUT2D eigenvalue weighted by Gasteiger charge is 2.08. The van der Waals surface area contributed by atoms with E-state index in [2.05, 4.69) is 36.6 Å². The first-order valence-corrected chi connectivity index (χ1v) is 6.69. The molecule has 0 heterocycles. The Morgan fingerprint density at radius 3 is 2.79 bits per heavy atom. The molecule has 0 unspecified atom stereocenters. The van der Waals surface area contributed by atoms with E-state index in [0.717, 1.165) is 6.42 Å². The molecule has 1 aromatic rings. The minimum atomic E-state index is 0.0246. The zero-order valence-electron chi connectivity index (χ0n) is 12.0. The molecular formula is C15H24N2O2. The van der Waals surface area contributed by atoms with Crippen molar-refractivity contribution in [1.29, 1.82) is 0 Å². The molecule has 0 aliphatic rings. The summed E-state index contributed by atoms with van der Waals surface area (Å²) in [4.78, 5) is 11.6. The van der Waals surface area contributed by atoms with E-state index in [1.165, 1.54) is 11.1 Å². The monoisotopic (exact) mass is 264 g/mol. The van der Waals surface area contributed by atoms with Crippen LogP contribution in [0, 0.1) is 6.92 Å². The van der Waals surface area contributed by atoms with E-state index in [1.54, 1.807) is 7.11 Å². The normalized spacial score (nSPS) is 12.2. The molecule has 2 N–H and O–H groups in total. The summed E-state index contributed by atoms with van der Waals surface area (Å²) in [6.07, 6.45) is 0.843. The third-order valence-corrected chi connectivity index (χ3v) is 3.07. The predicted octanol–water partition coefficient (Wildman–Crippen LogP) is 1.80. The molecule has 0 aliphatic carbocycles. The van der Waals surface area contributed by atoms with Crippen LogP contribution in [0.2, 0.25) is 0 Å². The summed E-state index contributed by atoms with van der Waals surface area (Å²) < 4.78 is 4.93. The van der Waals surface area contributed by atoms with Crippen LogP contribution in [0.25, 0.3) is 0 Å². The van der Waals surface area contributed by atoms with Crippen molar-refractivity contribution in [2.24, 2.45) is 0 Å². The molecule has 0 spiro atoms. The lowest BCUT2D eigenvalue weighted by atomic mass is 10.0. The summed E-state index contributed by atoms with van der Waals surface area (Å²) in [6, 6.07) is 8.38. The van der Waals surface area contributed by atoms with Crippen LogP contribution in [0.4, 0.5) is 0 Å². The molecule has 0 aliphatic heterocycles. The molecule has 1 atom stereocenters. The average molecular weight is 264 g/mol. The van der Waals surface area contributed by atoms with E-state index in [0.29, 0.717) is 19.7 Å². The number of carbonyl (C=O) groups excluding carboxylic acids is 1. The number of carbonyl (C=O) groups is 1. The van der Waals surface area contributed by atoms with Gasteiger partial charge in [0, 0.05) is 26.3 Å². The van der Waals surface area contributed by atoms with Gasteiger partial charge in [0.05, 0.1) is 6.54 Å². The van der Waals surface area contributed by atoms with Crippen LogP contribution >= 0.6 is 0 Å². The maximum Gasteiger partial charge on any atom is 0.233 e. The Bertz CT molecular complexity index is 393. The van der Waals surface area contributed by atoms with Gasteiger partial charge in [0.2, 0.25) is 5.91 Å². The molecular weight excluding hydrogens is 240 g/mol. The number of benzene rings is 1. The molecule has 0 saturated heterocycles. The van der Waals surface area contributed by atoms with Gasteiger partial charge in [-0.1, -0.05) is 24.3 Å². The maximum absolute atomic E-state index is 11.6. The highest BCUT2D eigenvalue weighted by molar-refractivity contribution is 5.78. The average Bonchev–Trinajstić information content (AvgIpc) is 2.41. The van der Waals surface area contributed by atoms with E-state index in [1.807, 2.05) is 12.1 Å². The third kappa shape index (κ3) is 5.85. The Balaban J connectivity index is 2.28. The number of aryl methyl sites for hydroxylation is 1. The summed E-state index contributed by atoms with van der Waals surface area (Å²) >= 11 is 0. The Morgan fingerprint density at radius 2 is 2.11 bits per heavy atom. The van der Waals surface area contributed by atoms with Gasteiger partial charge in [-0.3, -0.25) is 4.79 Å². The van der Waals surface area contributed by atoms with Gasteiger partial charge in [0.15, 0.2) is 0 Å². The van der Waals surface area contributed by atoms with E-state index < -0.39 is 0 Å². The molecule has 4 nitrogen and oxygen atoms in total. The maximum atomic E-state index is 11.6. The highest BCUT2D eigenvalue weighted by atomic mass is 16.5. The number of nitrogens with one attached hydrogen (secondary N) is 2. The number of ether oxygens (including phenoxy) is 1. The highest BCUT2D eigenvalue weighted by Crippen LogP contribution is 2.15. The number of rotatable bonds is 8. The number of methoxy groups -OCH3 is 1. The Kier molecular flexibility index (Phi) is 7.15. The van der Waals surface area contributed by atoms with Crippen molar-refractivity contribution in [3.63, 3.8) is 0 Å². The molecule has 1 amide bonds. The van der Waals surface area contributed by atoms with Gasteiger partial charge >= 0.3 is 0 Å². The molecule has 0 aromatic heterocycles. The predicted molar refractivity (Wildman–Crippen MR) is 77.1 cm³/mol. The van der Waals surface area contributed by atoms with E-state index in [4.69, 9.17) is 4.74 Å². The smallest absolute Gasteiger partial charge is 0.233 e. The van der Waals surface area contributed by atoms with E-state index in [9.17, 15) is 4.79 Å². The SMILES string of the molecule is COCCCNC(=O)CN[C@@H](C)c1ccccc1C. The van der Waals surface area contributed by atoms with E-state index >= 15 is 0 Å². The van der Waals surface area contributed by atoms with Crippen molar-refractivity contribution in [1.82, 2.24) is 10.6 Å². The van der Waals surface area contributed by atoms with Gasteiger partial charge in [-0.2, -0.15) is 0 Å². The fourth-order valence-electron chi connectivity index (χ4n) is 1.94. The summed E-state index contributed by atoms with van der Waals surface area (Å²) in [6.45, 7) is 5.82. The van der Waals surface area contributed by atoms with Crippen LogP contribution in [0.5, 0.6) is 0 Å². The summed E-state index contributed by atoms with van der Waals surface area (Å²) in [5.74, 6) is 0.0246. The Morgan fingerprint density at radius 1 is 1.37 bits per heavy atom. The second-order valence-corrected chi connectivity index (χ2v) is 4.66.